The van der Waals surface area contributed by atoms with Crippen molar-refractivity contribution < 1.29 is 9.53 Å². The molecule has 110 valence electrons. The second kappa shape index (κ2) is 6.20. The highest BCUT2D eigenvalue weighted by Crippen LogP contribution is 2.18. The first-order valence-corrected chi connectivity index (χ1v) is 7.34. The summed E-state index contributed by atoms with van der Waals surface area (Å²) in [5.74, 6) is 0.319. The summed E-state index contributed by atoms with van der Waals surface area (Å²) < 4.78 is 5.38. The van der Waals surface area contributed by atoms with E-state index in [2.05, 4.69) is 36.3 Å². The number of carbonyl (C=O) groups excluding carboxylic acids is 1. The predicted molar refractivity (Wildman–Crippen MR) is 75.1 cm³/mol. The molecular weight excluding hydrogens is 242 g/mol. The van der Waals surface area contributed by atoms with Gasteiger partial charge in [-0.15, -0.1) is 0 Å². The number of rotatable bonds is 4. The molecular formula is C14H27N3O2. The molecule has 0 aromatic heterocycles. The van der Waals surface area contributed by atoms with Crippen molar-refractivity contribution in [1.29, 1.82) is 0 Å². The molecule has 0 radical (unpaired) electrons. The number of hydrogen-bond donors (Lipinski definition) is 2. The van der Waals surface area contributed by atoms with Crippen LogP contribution >= 0.6 is 0 Å². The van der Waals surface area contributed by atoms with Crippen molar-refractivity contribution in [3.05, 3.63) is 0 Å². The van der Waals surface area contributed by atoms with E-state index >= 15 is 0 Å². The van der Waals surface area contributed by atoms with Gasteiger partial charge in [0.25, 0.3) is 0 Å². The summed E-state index contributed by atoms with van der Waals surface area (Å²) >= 11 is 0. The van der Waals surface area contributed by atoms with Gasteiger partial charge in [0.15, 0.2) is 0 Å². The normalized spacial score (nSPS) is 29.4. The SMILES string of the molecule is CC1NCCC1C(=O)NCC(C)(C)N1CCOCC1. The molecule has 2 unspecified atom stereocenters. The summed E-state index contributed by atoms with van der Waals surface area (Å²) in [5, 5.41) is 6.45. The average Bonchev–Trinajstić information content (AvgIpc) is 2.83. The third-order valence-corrected chi connectivity index (χ3v) is 4.42. The third kappa shape index (κ3) is 3.68. The maximum atomic E-state index is 12.2. The molecule has 2 fully saturated rings. The molecule has 5 heteroatoms. The largest absolute Gasteiger partial charge is 0.379 e. The zero-order valence-electron chi connectivity index (χ0n) is 12.4. The number of carbonyl (C=O) groups is 1. The second-order valence-electron chi connectivity index (χ2n) is 6.27. The fraction of sp³-hybridized carbons (Fsp3) is 0.929. The van der Waals surface area contributed by atoms with Crippen LogP contribution < -0.4 is 10.6 Å². The van der Waals surface area contributed by atoms with Gasteiger partial charge in [0, 0.05) is 31.2 Å². The second-order valence-corrected chi connectivity index (χ2v) is 6.27. The fourth-order valence-corrected chi connectivity index (χ4v) is 2.93. The molecule has 2 N–H and O–H groups in total. The van der Waals surface area contributed by atoms with Crippen LogP contribution in [0.25, 0.3) is 0 Å². The summed E-state index contributed by atoms with van der Waals surface area (Å²) in [7, 11) is 0. The number of amides is 1. The van der Waals surface area contributed by atoms with Crippen LogP contribution in [0, 0.1) is 5.92 Å². The van der Waals surface area contributed by atoms with Crippen molar-refractivity contribution in [3.63, 3.8) is 0 Å². The maximum absolute atomic E-state index is 12.2. The van der Waals surface area contributed by atoms with Gasteiger partial charge in [0.1, 0.15) is 0 Å². The van der Waals surface area contributed by atoms with Crippen LogP contribution in [0.2, 0.25) is 0 Å². The van der Waals surface area contributed by atoms with Gasteiger partial charge in [-0.05, 0) is 33.7 Å². The Morgan fingerprint density at radius 3 is 2.68 bits per heavy atom. The summed E-state index contributed by atoms with van der Waals surface area (Å²) in [6.07, 6.45) is 0.949. The minimum absolute atomic E-state index is 0.00525. The predicted octanol–water partition coefficient (Wildman–Crippen LogP) is 0.211. The molecule has 2 heterocycles. The third-order valence-electron chi connectivity index (χ3n) is 4.42. The van der Waals surface area contributed by atoms with Crippen molar-refractivity contribution in [2.24, 2.45) is 5.92 Å². The Labute approximate surface area is 116 Å². The summed E-state index contributed by atoms with van der Waals surface area (Å²) in [6.45, 7) is 11.6. The molecule has 2 aliphatic heterocycles. The number of nitrogens with one attached hydrogen (secondary N) is 2. The van der Waals surface area contributed by atoms with Crippen molar-refractivity contribution in [2.75, 3.05) is 39.4 Å². The van der Waals surface area contributed by atoms with Crippen molar-refractivity contribution in [1.82, 2.24) is 15.5 Å². The lowest BCUT2D eigenvalue weighted by atomic mass is 9.98. The zero-order chi connectivity index (χ0) is 13.9. The Kier molecular flexibility index (Phi) is 4.81. The van der Waals surface area contributed by atoms with E-state index in [-0.39, 0.29) is 17.4 Å². The molecule has 2 aliphatic rings. The molecule has 19 heavy (non-hydrogen) atoms. The zero-order valence-corrected chi connectivity index (χ0v) is 12.4. The van der Waals surface area contributed by atoms with Gasteiger partial charge in [-0.2, -0.15) is 0 Å². The van der Waals surface area contributed by atoms with Gasteiger partial charge < -0.3 is 15.4 Å². The van der Waals surface area contributed by atoms with E-state index in [4.69, 9.17) is 4.74 Å². The lowest BCUT2D eigenvalue weighted by Gasteiger charge is -2.41. The monoisotopic (exact) mass is 269 g/mol. The fourth-order valence-electron chi connectivity index (χ4n) is 2.93. The quantitative estimate of drug-likeness (QED) is 0.766. The highest BCUT2D eigenvalue weighted by atomic mass is 16.5. The Morgan fingerprint density at radius 1 is 1.42 bits per heavy atom. The number of hydrogen-bond acceptors (Lipinski definition) is 4. The molecule has 0 aromatic carbocycles. The van der Waals surface area contributed by atoms with E-state index in [0.717, 1.165) is 39.3 Å². The summed E-state index contributed by atoms with van der Waals surface area (Å²) in [6, 6.07) is 0.298. The number of ether oxygens (including phenoxy) is 1. The molecule has 2 rings (SSSR count). The van der Waals surface area contributed by atoms with Crippen molar-refractivity contribution in [2.45, 2.75) is 38.8 Å². The minimum atomic E-state index is -0.00525. The highest BCUT2D eigenvalue weighted by Gasteiger charge is 2.32. The Morgan fingerprint density at radius 2 is 2.11 bits per heavy atom. The Bertz CT molecular complexity index is 314. The van der Waals surface area contributed by atoms with Gasteiger partial charge in [-0.3, -0.25) is 9.69 Å². The first-order chi connectivity index (χ1) is 9.00. The molecule has 2 saturated heterocycles. The Balaban J connectivity index is 1.81. The number of nitrogens with zero attached hydrogens (tertiary/aromatic N) is 1. The Hall–Kier alpha value is -0.650. The van der Waals surface area contributed by atoms with Crippen LogP contribution in [0.3, 0.4) is 0 Å². The van der Waals surface area contributed by atoms with Crippen molar-refractivity contribution in [3.8, 4) is 0 Å². The van der Waals surface area contributed by atoms with Gasteiger partial charge in [0.2, 0.25) is 5.91 Å². The van der Waals surface area contributed by atoms with Crippen molar-refractivity contribution >= 4 is 5.91 Å². The lowest BCUT2D eigenvalue weighted by Crippen LogP contribution is -2.56. The molecule has 0 spiro atoms. The van der Waals surface area contributed by atoms with E-state index in [1.54, 1.807) is 0 Å². The first-order valence-electron chi connectivity index (χ1n) is 7.34. The van der Waals surface area contributed by atoms with Gasteiger partial charge in [-0.1, -0.05) is 0 Å². The molecule has 1 amide bonds. The van der Waals surface area contributed by atoms with E-state index in [1.165, 1.54) is 0 Å². The molecule has 0 saturated carbocycles. The summed E-state index contributed by atoms with van der Waals surface area (Å²) in [5.41, 5.74) is -0.00525. The smallest absolute Gasteiger partial charge is 0.224 e. The average molecular weight is 269 g/mol. The lowest BCUT2D eigenvalue weighted by molar-refractivity contribution is -0.125. The molecule has 0 aliphatic carbocycles. The van der Waals surface area contributed by atoms with Crippen LogP contribution in [0.1, 0.15) is 27.2 Å². The highest BCUT2D eigenvalue weighted by molar-refractivity contribution is 5.79. The van der Waals surface area contributed by atoms with Gasteiger partial charge in [0.05, 0.1) is 19.1 Å². The van der Waals surface area contributed by atoms with E-state index in [0.29, 0.717) is 12.6 Å². The minimum Gasteiger partial charge on any atom is -0.379 e. The van der Waals surface area contributed by atoms with Gasteiger partial charge in [-0.25, -0.2) is 0 Å². The van der Waals surface area contributed by atoms with Crippen LogP contribution in [-0.4, -0.2) is 61.8 Å². The first kappa shape index (κ1) is 14.8. The van der Waals surface area contributed by atoms with Gasteiger partial charge >= 0.3 is 0 Å². The summed E-state index contributed by atoms with van der Waals surface area (Å²) in [4.78, 5) is 14.6. The maximum Gasteiger partial charge on any atom is 0.224 e. The topological polar surface area (TPSA) is 53.6 Å². The van der Waals surface area contributed by atoms with Crippen LogP contribution in [0.15, 0.2) is 0 Å². The van der Waals surface area contributed by atoms with Crippen LogP contribution in [-0.2, 0) is 9.53 Å². The van der Waals surface area contributed by atoms with Crippen LogP contribution in [0.4, 0.5) is 0 Å². The number of morpholine rings is 1. The van der Waals surface area contributed by atoms with E-state index < -0.39 is 0 Å². The van der Waals surface area contributed by atoms with E-state index in [9.17, 15) is 4.79 Å². The van der Waals surface area contributed by atoms with Crippen LogP contribution in [0.5, 0.6) is 0 Å². The molecule has 0 aromatic rings. The molecule has 0 bridgehead atoms. The van der Waals surface area contributed by atoms with E-state index in [1.807, 2.05) is 0 Å². The molecule has 2 atom stereocenters. The standard InChI is InChI=1S/C14H27N3O2/c1-11-12(4-5-15-11)13(18)16-10-14(2,3)17-6-8-19-9-7-17/h11-12,15H,4-10H2,1-3H3,(H,16,18). The molecule has 5 nitrogen and oxygen atoms in total.